The number of allylic oxidation sites excluding steroid dienone is 6. The third kappa shape index (κ3) is 16.3. The summed E-state index contributed by atoms with van der Waals surface area (Å²) < 4.78 is 37.9. The molecule has 3 fully saturated rings. The van der Waals surface area contributed by atoms with E-state index >= 15 is 0 Å². The molecule has 3 aliphatic heterocycles. The number of carbonyl (C=O) groups is 6. The lowest BCUT2D eigenvalue weighted by Crippen LogP contribution is -2.61. The number of esters is 1. The van der Waals surface area contributed by atoms with E-state index in [0.29, 0.717) is 74.7 Å². The number of fused-ring (bicyclic) bond motifs is 3. The minimum absolute atomic E-state index is 0.000665. The maximum Gasteiger partial charge on any atom is 0.335 e. The number of piperidine rings is 1. The second-order valence-corrected chi connectivity index (χ2v) is 22.9. The number of aliphatic hydroxyl groups is 2. The molecule has 1 aromatic heterocycles. The van der Waals surface area contributed by atoms with Crippen LogP contribution in [0.15, 0.2) is 78.1 Å². The lowest BCUT2D eigenvalue weighted by molar-refractivity contribution is -0.265. The summed E-state index contributed by atoms with van der Waals surface area (Å²) in [6.45, 7) is 12.9. The Bertz CT molecular complexity index is 2570. The number of amides is 1. The van der Waals surface area contributed by atoms with Gasteiger partial charge in [0.25, 0.3) is 11.7 Å². The van der Waals surface area contributed by atoms with Crippen molar-refractivity contribution in [1.29, 1.82) is 0 Å². The number of methoxy groups -OCH3 is 3. The number of hydrogen-bond acceptors (Lipinski definition) is 16. The number of aromatic carboxylic acids is 1. The molecule has 80 heavy (non-hydrogen) atoms. The zero-order valence-corrected chi connectivity index (χ0v) is 48.4. The number of benzene rings is 1. The Morgan fingerprint density at radius 3 is 2.30 bits per heavy atom. The third-order valence-corrected chi connectivity index (χ3v) is 16.8. The summed E-state index contributed by atoms with van der Waals surface area (Å²) in [5, 5.41) is 41.4. The van der Waals surface area contributed by atoms with Gasteiger partial charge in [-0.2, -0.15) is 0 Å². The van der Waals surface area contributed by atoms with Crippen molar-refractivity contribution in [1.82, 2.24) is 19.9 Å². The van der Waals surface area contributed by atoms with Gasteiger partial charge in [0.15, 0.2) is 11.6 Å². The van der Waals surface area contributed by atoms with Crippen LogP contribution in [0.5, 0.6) is 0 Å². The molecule has 19 heteroatoms. The van der Waals surface area contributed by atoms with Gasteiger partial charge in [-0.15, -0.1) is 5.10 Å². The van der Waals surface area contributed by atoms with E-state index in [0.717, 1.165) is 12.0 Å². The fourth-order valence-corrected chi connectivity index (χ4v) is 11.7. The molecule has 1 aliphatic carbocycles. The molecule has 0 spiro atoms. The molecule has 3 N–H and O–H groups in total. The highest BCUT2D eigenvalue weighted by molar-refractivity contribution is 6.39. The highest BCUT2D eigenvalue weighted by Crippen LogP contribution is 2.38. The van der Waals surface area contributed by atoms with Gasteiger partial charge >= 0.3 is 11.9 Å². The first kappa shape index (κ1) is 63.6. The number of Topliss-reactive ketones (excluding diaryl/α,β-unsaturated/α-hetero) is 3. The summed E-state index contributed by atoms with van der Waals surface area (Å²) in [5.74, 6) is -9.30. The van der Waals surface area contributed by atoms with Crippen LogP contribution in [-0.4, -0.2) is 153 Å². The van der Waals surface area contributed by atoms with E-state index in [1.54, 1.807) is 64.1 Å². The molecule has 6 rings (SSSR count). The van der Waals surface area contributed by atoms with Gasteiger partial charge in [0.05, 0.1) is 54.6 Å². The van der Waals surface area contributed by atoms with E-state index < -0.39 is 89.6 Å². The van der Waals surface area contributed by atoms with Gasteiger partial charge in [-0.05, 0) is 131 Å². The highest BCUT2D eigenvalue weighted by Gasteiger charge is 2.53. The Labute approximate surface area is 471 Å². The lowest BCUT2D eigenvalue weighted by Gasteiger charge is -2.42. The first-order valence-corrected chi connectivity index (χ1v) is 28.4. The van der Waals surface area contributed by atoms with Crippen molar-refractivity contribution in [2.45, 2.75) is 187 Å². The number of carbonyl (C=O) groups excluding carboxylic acids is 5. The largest absolute Gasteiger partial charge is 0.478 e. The second-order valence-electron chi connectivity index (χ2n) is 22.9. The average Bonchev–Trinajstić information content (AvgIpc) is 3.96. The summed E-state index contributed by atoms with van der Waals surface area (Å²) in [5.41, 5.74) is 2.53. The molecular weight excluding hydrogens is 1030 g/mol. The van der Waals surface area contributed by atoms with E-state index in [1.165, 1.54) is 24.1 Å². The van der Waals surface area contributed by atoms with Crippen molar-refractivity contribution in [3.63, 3.8) is 0 Å². The first-order chi connectivity index (χ1) is 38.1. The number of aliphatic hydroxyl groups excluding tert-OH is 1. The van der Waals surface area contributed by atoms with Crippen molar-refractivity contribution in [3.8, 4) is 5.69 Å². The summed E-state index contributed by atoms with van der Waals surface area (Å²) in [4.78, 5) is 84.2. The topological polar surface area (TPSA) is 252 Å². The van der Waals surface area contributed by atoms with Gasteiger partial charge < -0.3 is 48.6 Å². The van der Waals surface area contributed by atoms with E-state index in [2.05, 4.69) is 10.3 Å². The van der Waals surface area contributed by atoms with E-state index in [-0.39, 0.29) is 67.2 Å². The van der Waals surface area contributed by atoms with Gasteiger partial charge in [-0.3, -0.25) is 19.2 Å². The average molecular weight is 1120 g/mol. The van der Waals surface area contributed by atoms with Gasteiger partial charge in [-0.25, -0.2) is 14.3 Å². The zero-order valence-electron chi connectivity index (χ0n) is 48.4. The van der Waals surface area contributed by atoms with Gasteiger partial charge in [0.2, 0.25) is 5.79 Å². The van der Waals surface area contributed by atoms with Crippen LogP contribution < -0.4 is 0 Å². The molecule has 15 atom stereocenters. The van der Waals surface area contributed by atoms with Gasteiger partial charge in [0, 0.05) is 58.5 Å². The van der Waals surface area contributed by atoms with Crippen molar-refractivity contribution in [2.24, 2.45) is 35.5 Å². The maximum absolute atomic E-state index is 14.7. The quantitative estimate of drug-likeness (QED) is 0.144. The maximum atomic E-state index is 14.7. The van der Waals surface area contributed by atoms with Gasteiger partial charge in [0.1, 0.15) is 23.9 Å². The van der Waals surface area contributed by atoms with Crippen molar-refractivity contribution >= 4 is 35.2 Å². The second kappa shape index (κ2) is 29.4. The lowest BCUT2D eigenvalue weighted by atomic mass is 9.78. The number of ether oxygens (including phenoxy) is 6. The number of carboxylic acid groups (broad SMARTS) is 1. The fourth-order valence-electron chi connectivity index (χ4n) is 11.7. The van der Waals surface area contributed by atoms with Crippen molar-refractivity contribution in [2.75, 3.05) is 27.9 Å². The fraction of sp³-hybridized carbons (Fsp3) is 0.639. The molecule has 2 aromatic rings. The molecule has 4 heterocycles. The number of carboxylic acids is 1. The molecule has 2 bridgehead atoms. The predicted octanol–water partition coefficient (Wildman–Crippen LogP) is 7.68. The van der Waals surface area contributed by atoms with Crippen molar-refractivity contribution in [3.05, 3.63) is 89.3 Å². The van der Waals surface area contributed by atoms with Crippen LogP contribution in [0, 0.1) is 35.5 Å². The Hall–Kier alpha value is -5.54. The standard InChI is InChI=1S/C61H86N4O15/c1-36-16-12-11-13-17-37(2)51(75-8)32-47-25-19-42(7)61(74,80-47)57(69)58(70)64-27-15-14-18-48(64)60(73)79-52(33-49(66)38(3)29-41(6)55(68)56(77-10)54(67)40(5)28-36)39(4)30-43-20-26-50(53(31-43)76-9)78-35-45-34-65(63-62-45)46-23-21-44(22-24-46)59(71)72/h11-13,16-17,21-24,29,34,36,39-43,47-48,50-53,55-56,68,74H,14-15,18-20,25-28,30-33,35H2,1-10H3,(H,71,72)/b13-11?,16-12?,37-17?,38-29+/t36-,39-,40-,41?,42-,43+,47+,48+,50-,51+,52+,53-,55-,56+,61-/m1/s1. The summed E-state index contributed by atoms with van der Waals surface area (Å²) in [7, 11) is 4.58. The van der Waals surface area contributed by atoms with Crippen LogP contribution in [0.1, 0.15) is 142 Å². The van der Waals surface area contributed by atoms with Crippen LogP contribution in [0.25, 0.3) is 5.69 Å². The number of ketones is 3. The molecule has 2 saturated heterocycles. The van der Waals surface area contributed by atoms with Crippen LogP contribution >= 0.6 is 0 Å². The smallest absolute Gasteiger partial charge is 0.335 e. The summed E-state index contributed by atoms with van der Waals surface area (Å²) >= 11 is 0. The first-order valence-electron chi connectivity index (χ1n) is 28.4. The Morgan fingerprint density at radius 2 is 1.61 bits per heavy atom. The Balaban J connectivity index is 1.23. The number of hydrogen-bond donors (Lipinski definition) is 3. The predicted molar refractivity (Wildman–Crippen MR) is 296 cm³/mol. The van der Waals surface area contributed by atoms with E-state index in [9.17, 15) is 44.1 Å². The van der Waals surface area contributed by atoms with Crippen LogP contribution in [0.2, 0.25) is 0 Å². The van der Waals surface area contributed by atoms with Gasteiger partial charge in [-0.1, -0.05) is 76.3 Å². The molecule has 1 unspecified atom stereocenters. The van der Waals surface area contributed by atoms with Crippen LogP contribution in [0.3, 0.4) is 0 Å². The molecule has 1 aromatic carbocycles. The van der Waals surface area contributed by atoms with Crippen LogP contribution in [-0.2, 0) is 59.0 Å². The third-order valence-electron chi connectivity index (χ3n) is 16.8. The molecule has 4 aliphatic rings. The molecule has 1 amide bonds. The SMILES string of the molecule is CO[C@H]1C[C@@H]2CC[C@@H](C)[C@@](O)(O2)C(=O)C(=O)N2CCCC[C@H]2C(=O)O[C@H]([C@H](C)C[C@@H]2CC[C@@H](OCc3cn(-c4ccc(C(=O)O)cc4)nn3)[C@H](OC)C2)CC(=O)/C(C)=C/C(C)[C@@H](O)[C@@H](OC)C(=O)[C@H](C)C[C@H](C)C=CC=CC=C1C. The summed E-state index contributed by atoms with van der Waals surface area (Å²) in [6, 6.07) is 5.09. The zero-order chi connectivity index (χ0) is 58.4. The van der Waals surface area contributed by atoms with Crippen molar-refractivity contribution < 1.29 is 72.5 Å². The number of rotatable bonds is 11. The summed E-state index contributed by atoms with van der Waals surface area (Å²) in [6.07, 6.45) is 13.0. The van der Waals surface area contributed by atoms with Crippen LogP contribution in [0.4, 0.5) is 0 Å². The molecular formula is C61H86N4O15. The van der Waals surface area contributed by atoms with E-state index in [1.807, 2.05) is 58.1 Å². The Morgan fingerprint density at radius 1 is 0.875 bits per heavy atom. The minimum atomic E-state index is -2.46. The molecule has 1 saturated carbocycles. The number of cyclic esters (lactones) is 1. The Kier molecular flexibility index (Phi) is 23.4. The monoisotopic (exact) mass is 1110 g/mol. The number of aromatic nitrogens is 3. The normalized spacial score (nSPS) is 33.5. The highest BCUT2D eigenvalue weighted by atomic mass is 16.6. The minimum Gasteiger partial charge on any atom is -0.478 e. The van der Waals surface area contributed by atoms with E-state index in [4.69, 9.17) is 28.4 Å². The number of nitrogens with zero attached hydrogens (tertiary/aromatic N) is 4. The molecule has 0 radical (unpaired) electrons. The molecule has 440 valence electrons. The molecule has 19 nitrogen and oxygen atoms in total.